The first-order chi connectivity index (χ1) is 14.5. The molecule has 0 unspecified atom stereocenters. The summed E-state index contributed by atoms with van der Waals surface area (Å²) in [5.74, 6) is 0.528. The van der Waals surface area contributed by atoms with Crippen molar-refractivity contribution in [1.82, 2.24) is 10.2 Å². The zero-order valence-corrected chi connectivity index (χ0v) is 18.8. The number of ether oxygens (including phenoxy) is 1. The van der Waals surface area contributed by atoms with Gasteiger partial charge >= 0.3 is 0 Å². The van der Waals surface area contributed by atoms with Gasteiger partial charge in [-0.15, -0.1) is 11.3 Å². The number of carbonyl (C=O) groups excluding carboxylic acids is 2. The molecule has 3 rings (SSSR count). The van der Waals surface area contributed by atoms with Crippen LogP contribution in [0.25, 0.3) is 0 Å². The molecule has 1 aromatic heterocycles. The molecule has 0 aliphatic carbocycles. The van der Waals surface area contributed by atoms with Gasteiger partial charge in [0.1, 0.15) is 18.3 Å². The second-order valence-corrected chi connectivity index (χ2v) is 9.02. The van der Waals surface area contributed by atoms with Gasteiger partial charge in [0.2, 0.25) is 5.91 Å². The molecule has 6 nitrogen and oxygen atoms in total. The number of rotatable bonds is 8. The second kappa shape index (κ2) is 10.6. The second-order valence-electron chi connectivity index (χ2n) is 7.98. The number of hydrogen-bond donors (Lipinski definition) is 2. The number of hydrogen-bond acceptors (Lipinski definition) is 4. The van der Waals surface area contributed by atoms with Crippen molar-refractivity contribution in [3.8, 4) is 5.75 Å². The van der Waals surface area contributed by atoms with Gasteiger partial charge in [-0.3, -0.25) is 9.59 Å². The van der Waals surface area contributed by atoms with Crippen molar-refractivity contribution in [3.05, 3.63) is 52.2 Å². The fraction of sp³-hybridized carbons (Fsp3) is 0.478. The summed E-state index contributed by atoms with van der Waals surface area (Å²) in [6, 6.07) is 10.7. The van der Waals surface area contributed by atoms with Crippen molar-refractivity contribution < 1.29 is 19.2 Å². The van der Waals surface area contributed by atoms with E-state index in [4.69, 9.17) is 4.74 Å². The van der Waals surface area contributed by atoms with Crippen molar-refractivity contribution in [2.24, 2.45) is 5.92 Å². The van der Waals surface area contributed by atoms with Crippen LogP contribution in [0.5, 0.6) is 5.75 Å². The Kier molecular flexibility index (Phi) is 7.87. The number of benzene rings is 1. The van der Waals surface area contributed by atoms with Crippen LogP contribution in [0.1, 0.15) is 36.0 Å². The molecule has 2 amide bonds. The van der Waals surface area contributed by atoms with E-state index in [0.717, 1.165) is 38.5 Å². The topological polar surface area (TPSA) is 63.1 Å². The third-order valence-corrected chi connectivity index (χ3v) is 6.31. The number of carbonyl (C=O) groups is 2. The fourth-order valence-electron chi connectivity index (χ4n) is 3.68. The quantitative estimate of drug-likeness (QED) is 0.672. The highest BCUT2D eigenvalue weighted by Gasteiger charge is 2.32. The maximum Gasteiger partial charge on any atom is 0.251 e. The summed E-state index contributed by atoms with van der Waals surface area (Å²) in [4.78, 5) is 30.7. The molecule has 2 aromatic rings. The molecule has 1 fully saturated rings. The Morgan fingerprint density at radius 1 is 1.17 bits per heavy atom. The van der Waals surface area contributed by atoms with E-state index < -0.39 is 6.04 Å². The highest BCUT2D eigenvalue weighted by Crippen LogP contribution is 2.14. The van der Waals surface area contributed by atoms with Crippen LogP contribution in [0, 0.1) is 5.92 Å². The summed E-state index contributed by atoms with van der Waals surface area (Å²) < 4.78 is 5.43. The van der Waals surface area contributed by atoms with Crippen molar-refractivity contribution in [1.29, 1.82) is 0 Å². The van der Waals surface area contributed by atoms with E-state index >= 15 is 0 Å². The molecular formula is C23H32N3O3S+. The molecule has 30 heavy (non-hydrogen) atoms. The smallest absolute Gasteiger partial charge is 0.251 e. The van der Waals surface area contributed by atoms with Crippen molar-refractivity contribution in [3.63, 3.8) is 0 Å². The van der Waals surface area contributed by atoms with Crippen LogP contribution in [-0.2, 0) is 11.3 Å². The van der Waals surface area contributed by atoms with Crippen molar-refractivity contribution >= 4 is 23.2 Å². The van der Waals surface area contributed by atoms with Crippen LogP contribution >= 0.6 is 11.3 Å². The summed E-state index contributed by atoms with van der Waals surface area (Å²) in [6.07, 6.45) is 0. The molecule has 1 aliphatic heterocycles. The minimum Gasteiger partial charge on any atom is -0.494 e. The maximum absolute atomic E-state index is 13.2. The van der Waals surface area contributed by atoms with Crippen LogP contribution < -0.4 is 15.0 Å². The van der Waals surface area contributed by atoms with Gasteiger partial charge in [0.15, 0.2) is 0 Å². The lowest BCUT2D eigenvalue weighted by atomic mass is 10.0. The van der Waals surface area contributed by atoms with Gasteiger partial charge in [0.05, 0.1) is 37.7 Å². The van der Waals surface area contributed by atoms with Gasteiger partial charge in [-0.2, -0.15) is 0 Å². The molecule has 1 aliphatic rings. The average molecular weight is 431 g/mol. The Labute approximate surface area is 182 Å². The number of nitrogens with zero attached hydrogens (tertiary/aromatic N) is 1. The predicted octanol–water partition coefficient (Wildman–Crippen LogP) is 1.83. The Hall–Kier alpha value is -2.38. The van der Waals surface area contributed by atoms with E-state index in [1.54, 1.807) is 35.6 Å². The van der Waals surface area contributed by atoms with Crippen LogP contribution in [0.3, 0.4) is 0 Å². The van der Waals surface area contributed by atoms with Gasteiger partial charge in [-0.25, -0.2) is 0 Å². The zero-order valence-electron chi connectivity index (χ0n) is 18.0. The van der Waals surface area contributed by atoms with Crippen LogP contribution in [-0.4, -0.2) is 55.5 Å². The highest BCUT2D eigenvalue weighted by molar-refractivity contribution is 7.09. The molecule has 0 radical (unpaired) electrons. The SMILES string of the molecule is CCOc1ccc(C(=O)N[C@H](C(=O)N2CC[NH+](Cc3cccs3)CC2)C(C)C)cc1. The molecule has 1 aromatic carbocycles. The van der Waals surface area contributed by atoms with Crippen molar-refractivity contribution in [2.75, 3.05) is 32.8 Å². The predicted molar refractivity (Wildman–Crippen MR) is 119 cm³/mol. The Bertz CT molecular complexity index is 813. The van der Waals surface area contributed by atoms with E-state index in [0.29, 0.717) is 12.2 Å². The Morgan fingerprint density at radius 3 is 2.43 bits per heavy atom. The minimum atomic E-state index is -0.525. The molecule has 1 atom stereocenters. The monoisotopic (exact) mass is 430 g/mol. The lowest BCUT2D eigenvalue weighted by Crippen LogP contribution is -3.13. The third kappa shape index (κ3) is 5.83. The molecule has 0 saturated carbocycles. The van der Waals surface area contributed by atoms with Crippen molar-refractivity contribution in [2.45, 2.75) is 33.4 Å². The Morgan fingerprint density at radius 2 is 1.87 bits per heavy atom. The van der Waals surface area contributed by atoms with Crippen LogP contribution in [0.4, 0.5) is 0 Å². The maximum atomic E-state index is 13.2. The average Bonchev–Trinajstić information content (AvgIpc) is 3.25. The lowest BCUT2D eigenvalue weighted by molar-refractivity contribution is -0.917. The largest absolute Gasteiger partial charge is 0.494 e. The van der Waals surface area contributed by atoms with E-state index in [9.17, 15) is 9.59 Å². The minimum absolute atomic E-state index is 0.0134. The number of quaternary nitrogens is 1. The molecule has 0 bridgehead atoms. The molecule has 0 spiro atoms. The normalized spacial score (nSPS) is 15.8. The molecule has 162 valence electrons. The van der Waals surface area contributed by atoms with Crippen LogP contribution in [0.2, 0.25) is 0 Å². The van der Waals surface area contributed by atoms with Gasteiger partial charge < -0.3 is 19.9 Å². The Balaban J connectivity index is 1.56. The van der Waals surface area contributed by atoms with E-state index in [1.807, 2.05) is 25.7 Å². The zero-order chi connectivity index (χ0) is 21.5. The molecule has 2 N–H and O–H groups in total. The first kappa shape index (κ1) is 22.3. The van der Waals surface area contributed by atoms with Crippen LogP contribution in [0.15, 0.2) is 41.8 Å². The lowest BCUT2D eigenvalue weighted by Gasteiger charge is -2.35. The highest BCUT2D eigenvalue weighted by atomic mass is 32.1. The summed E-state index contributed by atoms with van der Waals surface area (Å²) in [5, 5.41) is 5.06. The molecule has 7 heteroatoms. The first-order valence-electron chi connectivity index (χ1n) is 10.7. The summed E-state index contributed by atoms with van der Waals surface area (Å²) >= 11 is 1.78. The number of piperazine rings is 1. The van der Waals surface area contributed by atoms with E-state index in [2.05, 4.69) is 22.8 Å². The number of nitrogens with one attached hydrogen (secondary N) is 2. The van der Waals surface area contributed by atoms with E-state index in [-0.39, 0.29) is 17.7 Å². The van der Waals surface area contributed by atoms with Gasteiger partial charge in [-0.05, 0) is 48.6 Å². The van der Waals surface area contributed by atoms with Gasteiger partial charge in [0, 0.05) is 5.56 Å². The molecule has 1 saturated heterocycles. The molecule has 2 heterocycles. The fourth-order valence-corrected chi connectivity index (χ4v) is 4.46. The number of thiophene rings is 1. The standard InChI is InChI=1S/C23H31N3O3S/c1-4-29-19-9-7-18(8-10-19)22(27)24-21(17(2)3)23(28)26-13-11-25(12-14-26)16-20-6-5-15-30-20/h5-10,15,17,21H,4,11-14,16H2,1-3H3,(H,24,27)/p+1/t21-/m0/s1. The summed E-state index contributed by atoms with van der Waals surface area (Å²) in [5.41, 5.74) is 0.530. The number of amides is 2. The first-order valence-corrected chi connectivity index (χ1v) is 11.5. The van der Waals surface area contributed by atoms with E-state index in [1.165, 1.54) is 9.78 Å². The summed E-state index contributed by atoms with van der Waals surface area (Å²) in [7, 11) is 0. The van der Waals surface area contributed by atoms with Gasteiger partial charge in [0.25, 0.3) is 5.91 Å². The summed E-state index contributed by atoms with van der Waals surface area (Å²) in [6.45, 7) is 10.8. The third-order valence-electron chi connectivity index (χ3n) is 5.43. The van der Waals surface area contributed by atoms with Gasteiger partial charge in [-0.1, -0.05) is 19.9 Å². The molecular weight excluding hydrogens is 398 g/mol.